The number of rotatable bonds is 10. The van der Waals surface area contributed by atoms with E-state index < -0.39 is 5.91 Å². The van der Waals surface area contributed by atoms with Crippen LogP contribution >= 0.6 is 0 Å². The van der Waals surface area contributed by atoms with E-state index in [9.17, 15) is 4.79 Å². The maximum Gasteiger partial charge on any atom is 0.249 e. The zero-order valence-corrected chi connectivity index (χ0v) is 20.4. The number of aromatic nitrogens is 4. The number of carbonyl (C=O) groups excluding carboxylic acids is 1. The van der Waals surface area contributed by atoms with E-state index in [1.54, 1.807) is 12.3 Å². The molecular formula is C28H32N6O2. The second kappa shape index (κ2) is 11.3. The first kappa shape index (κ1) is 24.0. The van der Waals surface area contributed by atoms with Gasteiger partial charge in [0.25, 0.3) is 0 Å². The monoisotopic (exact) mass is 484 g/mol. The number of nitrogens with two attached hydrogens (primary N) is 1. The van der Waals surface area contributed by atoms with E-state index in [2.05, 4.69) is 25.9 Å². The zero-order valence-electron chi connectivity index (χ0n) is 20.4. The summed E-state index contributed by atoms with van der Waals surface area (Å²) in [6.45, 7) is 4.86. The molecule has 1 aliphatic rings. The van der Waals surface area contributed by atoms with E-state index in [1.807, 2.05) is 48.7 Å². The summed E-state index contributed by atoms with van der Waals surface area (Å²) in [6, 6.07) is 15.7. The zero-order chi connectivity index (χ0) is 24.7. The van der Waals surface area contributed by atoms with E-state index in [4.69, 9.17) is 15.5 Å². The van der Waals surface area contributed by atoms with Crippen LogP contribution in [-0.4, -0.2) is 63.4 Å². The van der Waals surface area contributed by atoms with Crippen molar-refractivity contribution in [3.05, 3.63) is 78.4 Å². The van der Waals surface area contributed by atoms with Gasteiger partial charge in [0, 0.05) is 42.3 Å². The largest absolute Gasteiger partial charge is 0.379 e. The fraction of sp³-hybridized carbons (Fsp3) is 0.321. The number of morpholine rings is 1. The maximum absolute atomic E-state index is 12.5. The lowest BCUT2D eigenvalue weighted by atomic mass is 9.96. The van der Waals surface area contributed by atoms with E-state index in [1.165, 1.54) is 6.42 Å². The molecule has 8 heteroatoms. The number of nitrogens with zero attached hydrogens (tertiary/aromatic N) is 4. The number of ether oxygens (including phenoxy) is 1. The average Bonchev–Trinajstić information content (AvgIpc) is 3.60. The fourth-order valence-electron chi connectivity index (χ4n) is 4.79. The van der Waals surface area contributed by atoms with Crippen LogP contribution in [0.25, 0.3) is 28.2 Å². The van der Waals surface area contributed by atoms with Gasteiger partial charge in [0.2, 0.25) is 5.91 Å². The summed E-state index contributed by atoms with van der Waals surface area (Å²) in [5.41, 5.74) is 10.7. The summed E-state index contributed by atoms with van der Waals surface area (Å²) in [6.07, 6.45) is 9.88. The van der Waals surface area contributed by atoms with Crippen molar-refractivity contribution in [1.82, 2.24) is 24.6 Å². The lowest BCUT2D eigenvalue weighted by molar-refractivity contribution is 0.0371. The number of nitrogens with one attached hydrogen (secondary N) is 1. The van der Waals surface area contributed by atoms with Crippen LogP contribution < -0.4 is 5.73 Å². The molecule has 1 aliphatic heterocycles. The lowest BCUT2D eigenvalue weighted by Crippen LogP contribution is -2.36. The molecule has 0 spiro atoms. The van der Waals surface area contributed by atoms with Crippen LogP contribution in [0.1, 0.15) is 35.3 Å². The molecule has 186 valence electrons. The van der Waals surface area contributed by atoms with Gasteiger partial charge in [-0.3, -0.25) is 19.4 Å². The number of aryl methyl sites for hydroxylation is 1. The Morgan fingerprint density at radius 1 is 1.03 bits per heavy atom. The number of H-pyrrole nitrogens is 1. The molecule has 36 heavy (non-hydrogen) atoms. The van der Waals surface area contributed by atoms with Gasteiger partial charge in [-0.25, -0.2) is 4.98 Å². The number of primary amides is 1. The molecule has 0 aliphatic carbocycles. The SMILES string of the molecule is NC(=O)c1cccc(-c2cn[nH]c2)c1-c1nc(CCCCCN2CCOCC2)cn1-c1ccccc1. The fourth-order valence-corrected chi connectivity index (χ4v) is 4.79. The standard InChI is InChI=1S/C28H32N6O2/c29-27(35)25-12-7-11-24(21-18-30-31-19-21)26(25)28-32-22(20-34(28)23-9-4-1-5-10-23)8-3-2-6-13-33-14-16-36-17-15-33/h1,4-5,7,9-12,18-20H,2-3,6,8,13-17H2,(H2,29,35)(H,30,31). The van der Waals surface area contributed by atoms with Crippen LogP contribution in [0.2, 0.25) is 0 Å². The van der Waals surface area contributed by atoms with Gasteiger partial charge < -0.3 is 10.5 Å². The Hall–Kier alpha value is -3.75. The average molecular weight is 485 g/mol. The van der Waals surface area contributed by atoms with Gasteiger partial charge in [-0.15, -0.1) is 0 Å². The summed E-state index contributed by atoms with van der Waals surface area (Å²) in [4.78, 5) is 20.0. The van der Waals surface area contributed by atoms with Crippen molar-refractivity contribution in [2.75, 3.05) is 32.8 Å². The molecule has 0 atom stereocenters. The van der Waals surface area contributed by atoms with E-state index in [0.717, 1.165) is 74.6 Å². The first-order chi connectivity index (χ1) is 17.7. The number of hydrogen-bond donors (Lipinski definition) is 2. The summed E-state index contributed by atoms with van der Waals surface area (Å²) >= 11 is 0. The van der Waals surface area contributed by atoms with Gasteiger partial charge in [-0.05, 0) is 49.6 Å². The van der Waals surface area contributed by atoms with Crippen molar-refractivity contribution < 1.29 is 9.53 Å². The van der Waals surface area contributed by atoms with Crippen molar-refractivity contribution in [3.63, 3.8) is 0 Å². The van der Waals surface area contributed by atoms with Crippen LogP contribution in [0.15, 0.2) is 67.1 Å². The number of unbranched alkanes of at least 4 members (excludes halogenated alkanes) is 2. The number of aromatic amines is 1. The minimum absolute atomic E-state index is 0.438. The van der Waals surface area contributed by atoms with Gasteiger partial charge in [0.15, 0.2) is 0 Å². The van der Waals surface area contributed by atoms with Gasteiger partial charge in [0.1, 0.15) is 5.82 Å². The smallest absolute Gasteiger partial charge is 0.249 e. The highest BCUT2D eigenvalue weighted by Crippen LogP contribution is 2.35. The molecule has 1 saturated heterocycles. The Morgan fingerprint density at radius 3 is 2.61 bits per heavy atom. The van der Waals surface area contributed by atoms with Crippen molar-refractivity contribution in [2.45, 2.75) is 25.7 Å². The van der Waals surface area contributed by atoms with Crippen molar-refractivity contribution >= 4 is 5.91 Å². The predicted octanol–water partition coefficient (Wildman–Crippen LogP) is 4.07. The minimum Gasteiger partial charge on any atom is -0.379 e. The molecule has 0 radical (unpaired) electrons. The van der Waals surface area contributed by atoms with Crippen LogP contribution in [0, 0.1) is 0 Å². The summed E-state index contributed by atoms with van der Waals surface area (Å²) < 4.78 is 7.50. The normalized spacial score (nSPS) is 14.2. The predicted molar refractivity (Wildman–Crippen MR) is 140 cm³/mol. The Morgan fingerprint density at radius 2 is 1.86 bits per heavy atom. The maximum atomic E-state index is 12.5. The van der Waals surface area contributed by atoms with Crippen LogP contribution in [0.4, 0.5) is 0 Å². The van der Waals surface area contributed by atoms with Gasteiger partial charge in [0.05, 0.1) is 30.7 Å². The molecule has 2 aromatic heterocycles. The summed E-state index contributed by atoms with van der Waals surface area (Å²) in [5, 5.41) is 6.97. The van der Waals surface area contributed by atoms with Gasteiger partial charge in [-0.1, -0.05) is 36.8 Å². The quantitative estimate of drug-likeness (QED) is 0.330. The van der Waals surface area contributed by atoms with Crippen LogP contribution in [0.3, 0.4) is 0 Å². The first-order valence-electron chi connectivity index (χ1n) is 12.6. The molecule has 3 N–H and O–H groups in total. The third-order valence-electron chi connectivity index (χ3n) is 6.66. The molecule has 0 unspecified atom stereocenters. The van der Waals surface area contributed by atoms with E-state index >= 15 is 0 Å². The molecule has 1 amide bonds. The number of imidazole rings is 1. The molecule has 0 bridgehead atoms. The number of hydrogen-bond acceptors (Lipinski definition) is 5. The molecule has 4 aromatic rings. The Balaban J connectivity index is 1.44. The van der Waals surface area contributed by atoms with Crippen LogP contribution in [-0.2, 0) is 11.2 Å². The molecular weight excluding hydrogens is 452 g/mol. The Labute approximate surface area is 211 Å². The number of carbonyl (C=O) groups is 1. The second-order valence-corrected chi connectivity index (χ2v) is 9.11. The molecule has 0 saturated carbocycles. The first-order valence-corrected chi connectivity index (χ1v) is 12.6. The number of amides is 1. The van der Waals surface area contributed by atoms with Crippen LogP contribution in [0.5, 0.6) is 0 Å². The Kier molecular flexibility index (Phi) is 7.54. The highest BCUT2D eigenvalue weighted by molar-refractivity contribution is 6.03. The number of benzene rings is 2. The third-order valence-corrected chi connectivity index (χ3v) is 6.66. The van der Waals surface area contributed by atoms with Crippen molar-refractivity contribution in [1.29, 1.82) is 0 Å². The number of para-hydroxylation sites is 1. The highest BCUT2D eigenvalue weighted by atomic mass is 16.5. The Bertz CT molecular complexity index is 1280. The molecule has 8 nitrogen and oxygen atoms in total. The summed E-state index contributed by atoms with van der Waals surface area (Å²) in [5.74, 6) is 0.220. The minimum atomic E-state index is -0.484. The van der Waals surface area contributed by atoms with E-state index in [-0.39, 0.29) is 0 Å². The van der Waals surface area contributed by atoms with Crippen molar-refractivity contribution in [2.24, 2.45) is 5.73 Å². The lowest BCUT2D eigenvalue weighted by Gasteiger charge is -2.26. The molecule has 3 heterocycles. The van der Waals surface area contributed by atoms with E-state index in [0.29, 0.717) is 17.0 Å². The van der Waals surface area contributed by atoms with Gasteiger partial charge in [-0.2, -0.15) is 5.10 Å². The molecule has 2 aromatic carbocycles. The summed E-state index contributed by atoms with van der Waals surface area (Å²) in [7, 11) is 0. The van der Waals surface area contributed by atoms with Gasteiger partial charge >= 0.3 is 0 Å². The third kappa shape index (κ3) is 5.40. The molecule has 1 fully saturated rings. The topological polar surface area (TPSA) is 102 Å². The second-order valence-electron chi connectivity index (χ2n) is 9.11. The molecule has 5 rings (SSSR count). The van der Waals surface area contributed by atoms with Crippen molar-refractivity contribution in [3.8, 4) is 28.2 Å². The highest BCUT2D eigenvalue weighted by Gasteiger charge is 2.22.